The van der Waals surface area contributed by atoms with Gasteiger partial charge in [0.2, 0.25) is 76.8 Å². The zero-order valence-corrected chi connectivity index (χ0v) is 46.9. The highest BCUT2D eigenvalue weighted by Crippen LogP contribution is 2.21. The molecule has 440 valence electrons. The zero-order valence-electron chi connectivity index (χ0n) is 45.3. The smallest absolute Gasteiger partial charge is 0.246 e. The Morgan fingerprint density at radius 3 is 1.76 bits per heavy atom. The molecule has 9 atom stereocenters. The molecule has 9 unspecified atom stereocenters. The summed E-state index contributed by atoms with van der Waals surface area (Å²) in [5.41, 5.74) is 22.8. The number of carbonyl (C=O) groups excluding carboxylic acids is 13. The predicted molar refractivity (Wildman–Crippen MR) is 292 cm³/mol. The van der Waals surface area contributed by atoms with Gasteiger partial charge >= 0.3 is 0 Å². The molecule has 1 heterocycles. The van der Waals surface area contributed by atoms with Crippen molar-refractivity contribution in [2.45, 2.75) is 141 Å². The Labute approximate surface area is 466 Å². The topological polar surface area (TPSA) is 458 Å². The Hall–Kier alpha value is -7.21. The van der Waals surface area contributed by atoms with Crippen LogP contribution in [0.25, 0.3) is 0 Å². The van der Waals surface area contributed by atoms with E-state index in [9.17, 15) is 67.4 Å². The number of amides is 13. The van der Waals surface area contributed by atoms with Crippen molar-refractivity contribution in [2.24, 2.45) is 34.8 Å². The van der Waals surface area contributed by atoms with Crippen LogP contribution in [0.4, 0.5) is 0 Å². The van der Waals surface area contributed by atoms with Gasteiger partial charge in [-0.05, 0) is 55.2 Å². The van der Waals surface area contributed by atoms with Crippen molar-refractivity contribution in [1.29, 1.82) is 0 Å². The van der Waals surface area contributed by atoms with Gasteiger partial charge < -0.3 is 80.8 Å². The van der Waals surface area contributed by atoms with E-state index in [0.29, 0.717) is 12.0 Å². The van der Waals surface area contributed by atoms with Crippen LogP contribution in [0.15, 0.2) is 24.3 Å². The number of benzene rings is 1. The van der Waals surface area contributed by atoms with Crippen molar-refractivity contribution in [3.05, 3.63) is 29.8 Å². The third-order valence-corrected chi connectivity index (χ3v) is 14.0. The number of likely N-dealkylation sites (tertiary alicyclic amines) is 1. The molecule has 1 aliphatic rings. The monoisotopic (exact) mass is 1150 g/mol. The van der Waals surface area contributed by atoms with E-state index in [1.807, 2.05) is 0 Å². The molecule has 1 aliphatic heterocycles. The van der Waals surface area contributed by atoms with Gasteiger partial charge in [0.05, 0.1) is 30.8 Å². The van der Waals surface area contributed by atoms with Gasteiger partial charge in [0.15, 0.2) is 0 Å². The fourth-order valence-electron chi connectivity index (χ4n) is 7.77. The van der Waals surface area contributed by atoms with E-state index in [1.165, 1.54) is 43.0 Å². The molecule has 0 aliphatic carbocycles. The van der Waals surface area contributed by atoms with Gasteiger partial charge in [-0.25, -0.2) is 0 Å². The number of primary amides is 3. The summed E-state index contributed by atoms with van der Waals surface area (Å²) in [6, 6.07) is -5.36. The Balaban J connectivity index is 2.46. The van der Waals surface area contributed by atoms with Crippen LogP contribution in [-0.2, 0) is 68.7 Å². The first kappa shape index (κ1) is 67.9. The minimum atomic E-state index is -1.83. The van der Waals surface area contributed by atoms with Gasteiger partial charge in [-0.15, -0.1) is 23.5 Å². The van der Waals surface area contributed by atoms with E-state index >= 15 is 0 Å². The lowest BCUT2D eigenvalue weighted by Crippen LogP contribution is -2.61. The summed E-state index contributed by atoms with van der Waals surface area (Å²) >= 11 is 2.16. The minimum Gasteiger partial charge on any atom is -0.508 e. The second kappa shape index (κ2) is 34.6. The van der Waals surface area contributed by atoms with Crippen molar-refractivity contribution in [3.8, 4) is 5.75 Å². The van der Waals surface area contributed by atoms with Gasteiger partial charge in [-0.3, -0.25) is 62.3 Å². The van der Waals surface area contributed by atoms with E-state index in [1.54, 1.807) is 27.7 Å². The van der Waals surface area contributed by atoms with Gasteiger partial charge in [0.25, 0.3) is 0 Å². The highest BCUT2D eigenvalue weighted by Gasteiger charge is 2.41. The molecule has 2 rings (SSSR count). The number of aromatic hydroxyl groups is 1. The lowest BCUT2D eigenvalue weighted by atomic mass is 9.96. The summed E-state index contributed by atoms with van der Waals surface area (Å²) in [5, 5.41) is 32.7. The summed E-state index contributed by atoms with van der Waals surface area (Å²) < 4.78 is 0. The summed E-state index contributed by atoms with van der Waals surface area (Å²) in [6.07, 6.45) is -1.00. The highest BCUT2D eigenvalue weighted by molar-refractivity contribution is 7.99. The average molecular weight is 1150 g/mol. The van der Waals surface area contributed by atoms with Crippen LogP contribution < -0.4 is 70.8 Å². The van der Waals surface area contributed by atoms with Gasteiger partial charge in [-0.2, -0.15) is 0 Å². The molecule has 28 nitrogen and oxygen atoms in total. The van der Waals surface area contributed by atoms with Crippen LogP contribution >= 0.6 is 23.5 Å². The van der Waals surface area contributed by atoms with Gasteiger partial charge in [0.1, 0.15) is 48.0 Å². The molecule has 1 aromatic rings. The number of phenols is 1. The molecule has 0 radical (unpaired) electrons. The van der Waals surface area contributed by atoms with Crippen LogP contribution in [0.1, 0.15) is 92.1 Å². The Bertz CT molecular complexity index is 2330. The second-order valence-electron chi connectivity index (χ2n) is 19.3. The molecule has 0 aromatic heterocycles. The van der Waals surface area contributed by atoms with E-state index in [0.717, 1.165) is 23.5 Å². The molecule has 0 saturated carbocycles. The van der Waals surface area contributed by atoms with Crippen LogP contribution in [0.5, 0.6) is 5.75 Å². The maximum atomic E-state index is 14.4. The van der Waals surface area contributed by atoms with E-state index in [4.69, 9.17) is 22.9 Å². The summed E-state index contributed by atoms with van der Waals surface area (Å²) in [6.45, 7) is 9.07. The van der Waals surface area contributed by atoms with E-state index < -0.39 is 151 Å². The number of rotatable bonds is 35. The fraction of sp³-hybridized carbons (Fsp3) is 0.612. The van der Waals surface area contributed by atoms with Crippen LogP contribution in [-0.4, -0.2) is 171 Å². The first-order chi connectivity index (χ1) is 37.1. The number of nitrogens with two attached hydrogens (primary N) is 4. The van der Waals surface area contributed by atoms with Gasteiger partial charge in [-0.1, -0.05) is 46.2 Å². The highest BCUT2D eigenvalue weighted by atomic mass is 32.2. The number of nitrogens with one attached hydrogen (secondary N) is 9. The molecule has 1 saturated heterocycles. The minimum absolute atomic E-state index is 0.0276. The van der Waals surface area contributed by atoms with Crippen LogP contribution in [0.3, 0.4) is 0 Å². The number of hydrogen-bond donors (Lipinski definition) is 14. The third-order valence-electron chi connectivity index (χ3n) is 12.1. The molecular weight excluding hydrogens is 1070 g/mol. The third kappa shape index (κ3) is 25.4. The summed E-state index contributed by atoms with van der Waals surface area (Å²) in [4.78, 5) is 171. The molecule has 1 aromatic carbocycles. The molecule has 1 fully saturated rings. The molecule has 18 N–H and O–H groups in total. The lowest BCUT2D eigenvalue weighted by molar-refractivity contribution is -0.142. The van der Waals surface area contributed by atoms with Crippen molar-refractivity contribution < 1.29 is 67.4 Å². The number of hydrogen-bond acceptors (Lipinski definition) is 17. The first-order valence-corrected chi connectivity index (χ1v) is 27.9. The number of carbonyl (C=O) groups is 13. The molecular formula is C49H78N14O14S2. The molecule has 0 bridgehead atoms. The Morgan fingerprint density at radius 2 is 1.20 bits per heavy atom. The molecule has 79 heavy (non-hydrogen) atoms. The van der Waals surface area contributed by atoms with Gasteiger partial charge in [0, 0.05) is 44.7 Å². The molecule has 30 heteroatoms. The SMILES string of the molecule is CCC(C)C(NC(=O)C(Cc1ccc(O)cc1)NC(=O)C(N)CSCNC(C)=O)C(=O)NC(CCC(N)=O)C(=O)NC(CC(N)=O)C(=O)NC(CSCNC(C)=O)C(=O)N1CCCC1C(=O)NC(CC(C)C)C(=O)NCC(N)=O. The van der Waals surface area contributed by atoms with E-state index in [-0.39, 0.29) is 73.1 Å². The maximum Gasteiger partial charge on any atom is 0.246 e. The fourth-order valence-corrected chi connectivity index (χ4v) is 9.49. The van der Waals surface area contributed by atoms with Crippen molar-refractivity contribution >= 4 is 100 Å². The first-order valence-electron chi connectivity index (χ1n) is 25.6. The maximum absolute atomic E-state index is 14.4. The Morgan fingerprint density at radius 1 is 0.646 bits per heavy atom. The van der Waals surface area contributed by atoms with Crippen LogP contribution in [0, 0.1) is 11.8 Å². The van der Waals surface area contributed by atoms with Crippen molar-refractivity contribution in [1.82, 2.24) is 52.8 Å². The number of nitrogens with zero attached hydrogens (tertiary/aromatic N) is 1. The lowest BCUT2D eigenvalue weighted by Gasteiger charge is -2.31. The summed E-state index contributed by atoms with van der Waals surface area (Å²) in [5.74, 6) is -11.3. The summed E-state index contributed by atoms with van der Waals surface area (Å²) in [7, 11) is 0. The number of phenolic OH excluding ortho intramolecular Hbond substituents is 1. The Kier molecular flexibility index (Phi) is 29.8. The van der Waals surface area contributed by atoms with Crippen molar-refractivity contribution in [3.63, 3.8) is 0 Å². The van der Waals surface area contributed by atoms with Crippen molar-refractivity contribution in [2.75, 3.05) is 36.3 Å². The largest absolute Gasteiger partial charge is 0.508 e. The standard InChI is InChI=1S/C49H78N14O14S2/c1-7-26(4)41(62-46(74)34(18-29-10-12-30(66)13-11-29)58-42(70)31(50)21-78-23-55-27(5)64)48(76)57-32(14-15-38(51)67)44(72)59-35(19-39(52)68)45(73)61-36(22-79-24-56-28(6)65)49(77)63-16-8-9-37(63)47(75)60-33(17-25(2)3)43(71)54-20-40(53)69/h10-13,25-26,31-37,41,66H,7-9,14-24,50H2,1-6H3,(H2,51,67)(H2,52,68)(H2,53,69)(H,54,71)(H,55,64)(H,56,65)(H,57,76)(H,58,70)(H,59,72)(H,60,75)(H,61,73)(H,62,74). The average Bonchev–Trinajstić information content (AvgIpc) is 3.88. The second-order valence-corrected chi connectivity index (χ2v) is 21.4. The number of thioether (sulfide) groups is 2. The van der Waals surface area contributed by atoms with Crippen LogP contribution in [0.2, 0.25) is 0 Å². The normalized spacial score (nSPS) is 15.9. The molecule has 13 amide bonds. The quantitative estimate of drug-likeness (QED) is 0.0226. The molecule has 0 spiro atoms. The van der Waals surface area contributed by atoms with E-state index in [2.05, 4.69) is 47.9 Å². The zero-order chi connectivity index (χ0) is 59.5. The predicted octanol–water partition coefficient (Wildman–Crippen LogP) is -4.35.